The molecule has 102 valence electrons. The average Bonchev–Trinajstić information content (AvgIpc) is 2.76. The first kappa shape index (κ1) is 13.6. The Labute approximate surface area is 112 Å². The molecule has 0 aliphatic rings. The summed E-state index contributed by atoms with van der Waals surface area (Å²) in [5, 5.41) is 19.3. The van der Waals surface area contributed by atoms with Gasteiger partial charge >= 0.3 is 5.97 Å². The molecule has 0 aliphatic carbocycles. The molecule has 0 fully saturated rings. The van der Waals surface area contributed by atoms with E-state index in [1.165, 1.54) is 0 Å². The summed E-state index contributed by atoms with van der Waals surface area (Å²) in [4.78, 5) is 11.2. The zero-order valence-corrected chi connectivity index (χ0v) is 11.3. The van der Waals surface area contributed by atoms with Crippen LogP contribution in [-0.2, 0) is 19.4 Å². The number of aliphatic hydroxyl groups is 1. The summed E-state index contributed by atoms with van der Waals surface area (Å²) >= 11 is 0. The van der Waals surface area contributed by atoms with Crippen LogP contribution < -0.4 is 0 Å². The molecule has 2 aromatic rings. The van der Waals surface area contributed by atoms with Gasteiger partial charge < -0.3 is 14.8 Å². The number of aryl methyl sites for hydroxylation is 2. The van der Waals surface area contributed by atoms with Gasteiger partial charge in [-0.05, 0) is 36.1 Å². The summed E-state index contributed by atoms with van der Waals surface area (Å²) in [7, 11) is 0. The number of carbonyl (C=O) groups is 1. The van der Waals surface area contributed by atoms with Gasteiger partial charge in [-0.1, -0.05) is 13.8 Å². The summed E-state index contributed by atoms with van der Waals surface area (Å²) in [5.41, 5.74) is 3.53. The molecule has 0 radical (unpaired) electrons. The molecular formula is C15H19NO3. The van der Waals surface area contributed by atoms with Gasteiger partial charge in [0.25, 0.3) is 0 Å². The molecule has 0 atom stereocenters. The van der Waals surface area contributed by atoms with Crippen molar-refractivity contribution in [3.8, 4) is 0 Å². The molecule has 0 saturated carbocycles. The van der Waals surface area contributed by atoms with Gasteiger partial charge in [0, 0.05) is 18.1 Å². The van der Waals surface area contributed by atoms with E-state index in [-0.39, 0.29) is 6.61 Å². The third kappa shape index (κ3) is 2.36. The number of hydrogen-bond acceptors (Lipinski definition) is 2. The minimum Gasteiger partial charge on any atom is -0.478 e. The molecule has 2 rings (SSSR count). The maximum absolute atomic E-state index is 11.2. The minimum absolute atomic E-state index is 0.0801. The Balaban J connectivity index is 2.78. The lowest BCUT2D eigenvalue weighted by Crippen LogP contribution is -2.03. The van der Waals surface area contributed by atoms with Gasteiger partial charge in [0.15, 0.2) is 0 Å². The van der Waals surface area contributed by atoms with Crippen molar-refractivity contribution in [1.29, 1.82) is 0 Å². The van der Waals surface area contributed by atoms with Crippen LogP contribution in [-0.4, -0.2) is 27.4 Å². The Morgan fingerprint density at radius 3 is 2.42 bits per heavy atom. The molecule has 19 heavy (non-hydrogen) atoms. The van der Waals surface area contributed by atoms with Crippen molar-refractivity contribution in [2.24, 2.45) is 0 Å². The Bertz CT molecular complexity index is 613. The fraction of sp³-hybridized carbons (Fsp3) is 0.400. The average molecular weight is 261 g/mol. The van der Waals surface area contributed by atoms with E-state index >= 15 is 0 Å². The first-order valence-corrected chi connectivity index (χ1v) is 6.61. The van der Waals surface area contributed by atoms with Crippen molar-refractivity contribution in [3.63, 3.8) is 0 Å². The lowest BCUT2D eigenvalue weighted by Gasteiger charge is -2.08. The van der Waals surface area contributed by atoms with Crippen LogP contribution in [0.2, 0.25) is 0 Å². The molecule has 0 aliphatic heterocycles. The second-order valence-corrected chi connectivity index (χ2v) is 4.62. The quantitative estimate of drug-likeness (QED) is 0.869. The maximum atomic E-state index is 11.2. The first-order chi connectivity index (χ1) is 9.12. The van der Waals surface area contributed by atoms with Gasteiger partial charge in [0.2, 0.25) is 0 Å². The maximum Gasteiger partial charge on any atom is 0.335 e. The molecule has 1 aromatic heterocycles. The van der Waals surface area contributed by atoms with E-state index in [1.54, 1.807) is 12.1 Å². The number of aliphatic hydroxyl groups excluding tert-OH is 1. The fourth-order valence-electron chi connectivity index (χ4n) is 2.56. The lowest BCUT2D eigenvalue weighted by molar-refractivity contribution is 0.0697. The fourth-order valence-corrected chi connectivity index (χ4v) is 2.56. The van der Waals surface area contributed by atoms with Gasteiger partial charge in [-0.3, -0.25) is 0 Å². The van der Waals surface area contributed by atoms with E-state index in [0.29, 0.717) is 12.1 Å². The Morgan fingerprint density at radius 1 is 1.21 bits per heavy atom. The van der Waals surface area contributed by atoms with E-state index < -0.39 is 5.97 Å². The third-order valence-electron chi connectivity index (χ3n) is 3.48. The van der Waals surface area contributed by atoms with Gasteiger partial charge in [-0.15, -0.1) is 0 Å². The van der Waals surface area contributed by atoms with Crippen molar-refractivity contribution >= 4 is 16.9 Å². The number of benzene rings is 1. The Morgan fingerprint density at radius 2 is 1.89 bits per heavy atom. The van der Waals surface area contributed by atoms with Crippen molar-refractivity contribution < 1.29 is 15.0 Å². The number of aromatic carboxylic acids is 1. The molecule has 0 bridgehead atoms. The van der Waals surface area contributed by atoms with Crippen LogP contribution in [0.3, 0.4) is 0 Å². The molecule has 1 aromatic carbocycles. The van der Waals surface area contributed by atoms with E-state index in [4.69, 9.17) is 5.11 Å². The van der Waals surface area contributed by atoms with Gasteiger partial charge in [0.1, 0.15) is 0 Å². The van der Waals surface area contributed by atoms with Crippen LogP contribution in [0, 0.1) is 0 Å². The standard InChI is InChI=1S/C15H19NO3/c1-3-10-7-12(15(18)19)8-13-11(4-2)9-16(5-6-17)14(10)13/h7-9,17H,3-6H2,1-2H3,(H,18,19). The number of hydrogen-bond donors (Lipinski definition) is 2. The zero-order chi connectivity index (χ0) is 14.0. The van der Waals surface area contributed by atoms with Gasteiger partial charge in [0.05, 0.1) is 17.7 Å². The topological polar surface area (TPSA) is 62.5 Å². The molecular weight excluding hydrogens is 242 g/mol. The number of carboxylic acids is 1. The summed E-state index contributed by atoms with van der Waals surface area (Å²) in [6.45, 7) is 4.69. The molecule has 4 nitrogen and oxygen atoms in total. The van der Waals surface area contributed by atoms with Gasteiger partial charge in [-0.2, -0.15) is 0 Å². The van der Waals surface area contributed by atoms with Crippen LogP contribution in [0.15, 0.2) is 18.3 Å². The highest BCUT2D eigenvalue weighted by Crippen LogP contribution is 2.27. The lowest BCUT2D eigenvalue weighted by atomic mass is 10.0. The second kappa shape index (κ2) is 5.45. The van der Waals surface area contributed by atoms with Gasteiger partial charge in [-0.25, -0.2) is 4.79 Å². The number of nitrogens with zero attached hydrogens (tertiary/aromatic N) is 1. The zero-order valence-electron chi connectivity index (χ0n) is 11.3. The second-order valence-electron chi connectivity index (χ2n) is 4.62. The molecule has 2 N–H and O–H groups in total. The Kier molecular flexibility index (Phi) is 3.90. The number of carboxylic acid groups (broad SMARTS) is 1. The van der Waals surface area contributed by atoms with Crippen molar-refractivity contribution in [2.75, 3.05) is 6.61 Å². The highest BCUT2D eigenvalue weighted by molar-refractivity contribution is 5.96. The number of fused-ring (bicyclic) bond motifs is 1. The van der Waals surface area contributed by atoms with E-state index in [1.807, 2.05) is 17.7 Å². The van der Waals surface area contributed by atoms with E-state index in [9.17, 15) is 9.90 Å². The number of rotatable bonds is 5. The van der Waals surface area contributed by atoms with Crippen molar-refractivity contribution in [2.45, 2.75) is 33.2 Å². The first-order valence-electron chi connectivity index (χ1n) is 6.61. The third-order valence-corrected chi connectivity index (χ3v) is 3.48. The summed E-state index contributed by atoms with van der Waals surface area (Å²) in [6, 6.07) is 3.47. The SMILES string of the molecule is CCc1cn(CCO)c2c(CC)cc(C(=O)O)cc12. The highest BCUT2D eigenvalue weighted by Gasteiger charge is 2.14. The van der Waals surface area contributed by atoms with Crippen LogP contribution in [0.4, 0.5) is 0 Å². The van der Waals surface area contributed by atoms with Crippen LogP contribution in [0.1, 0.15) is 35.3 Å². The predicted octanol–water partition coefficient (Wildman–Crippen LogP) is 2.46. The molecule has 0 amide bonds. The highest BCUT2D eigenvalue weighted by atomic mass is 16.4. The molecule has 0 unspecified atom stereocenters. The Hall–Kier alpha value is -1.81. The summed E-state index contributed by atoms with van der Waals surface area (Å²) < 4.78 is 2.03. The van der Waals surface area contributed by atoms with Crippen LogP contribution in [0.25, 0.3) is 10.9 Å². The minimum atomic E-state index is -0.895. The molecule has 0 spiro atoms. The summed E-state index contributed by atoms with van der Waals surface area (Å²) in [5.74, 6) is -0.895. The van der Waals surface area contributed by atoms with Crippen LogP contribution in [0.5, 0.6) is 0 Å². The van der Waals surface area contributed by atoms with Crippen molar-refractivity contribution in [3.05, 3.63) is 35.0 Å². The summed E-state index contributed by atoms with van der Waals surface area (Å²) in [6.07, 6.45) is 3.64. The van der Waals surface area contributed by atoms with Crippen LogP contribution >= 0.6 is 0 Å². The van der Waals surface area contributed by atoms with E-state index in [2.05, 4.69) is 6.92 Å². The monoisotopic (exact) mass is 261 g/mol. The smallest absolute Gasteiger partial charge is 0.335 e. The molecule has 0 saturated heterocycles. The molecule has 1 heterocycles. The largest absolute Gasteiger partial charge is 0.478 e. The predicted molar refractivity (Wildman–Crippen MR) is 74.7 cm³/mol. The van der Waals surface area contributed by atoms with E-state index in [0.717, 1.165) is 34.9 Å². The molecule has 4 heteroatoms. The number of aromatic nitrogens is 1. The normalized spacial score (nSPS) is 11.1. The van der Waals surface area contributed by atoms with Crippen molar-refractivity contribution in [1.82, 2.24) is 4.57 Å².